The van der Waals surface area contributed by atoms with Gasteiger partial charge < -0.3 is 20.7 Å². The molecule has 110 valence electrons. The Labute approximate surface area is 120 Å². The van der Waals surface area contributed by atoms with Gasteiger partial charge in [0.05, 0.1) is 0 Å². The second-order valence-electron chi connectivity index (χ2n) is 5.81. The van der Waals surface area contributed by atoms with E-state index in [0.29, 0.717) is 24.2 Å². The molecule has 1 aliphatic rings. The summed E-state index contributed by atoms with van der Waals surface area (Å²) >= 11 is 5.19. The van der Waals surface area contributed by atoms with Crippen molar-refractivity contribution < 1.29 is 9.53 Å². The van der Waals surface area contributed by atoms with Crippen LogP contribution in [-0.4, -0.2) is 35.9 Å². The van der Waals surface area contributed by atoms with Gasteiger partial charge in [0.1, 0.15) is 5.60 Å². The Kier molecular flexibility index (Phi) is 6.34. The molecule has 0 saturated heterocycles. The molecular formula is C13H25N3O2S. The van der Waals surface area contributed by atoms with Crippen molar-refractivity contribution >= 4 is 23.4 Å². The van der Waals surface area contributed by atoms with Gasteiger partial charge in [0.25, 0.3) is 0 Å². The molecule has 6 heteroatoms. The molecule has 0 atom stereocenters. The lowest BCUT2D eigenvalue weighted by molar-refractivity contribution is 0.0529. The van der Waals surface area contributed by atoms with Crippen LogP contribution in [0.2, 0.25) is 0 Å². The molecule has 0 bridgehead atoms. The quantitative estimate of drug-likeness (QED) is 0.545. The Morgan fingerprint density at radius 1 is 1.21 bits per heavy atom. The predicted octanol–water partition coefficient (Wildman–Crippen LogP) is 1.92. The summed E-state index contributed by atoms with van der Waals surface area (Å²) in [5.74, 6) is 0. The fourth-order valence-electron chi connectivity index (χ4n) is 1.96. The third kappa shape index (κ3) is 7.87. The highest BCUT2D eigenvalue weighted by Gasteiger charge is 2.16. The van der Waals surface area contributed by atoms with Crippen molar-refractivity contribution in [3.05, 3.63) is 0 Å². The zero-order chi connectivity index (χ0) is 14.3. The summed E-state index contributed by atoms with van der Waals surface area (Å²) in [5.41, 5.74) is -0.461. The molecule has 0 aromatic rings. The predicted molar refractivity (Wildman–Crippen MR) is 80.2 cm³/mol. The van der Waals surface area contributed by atoms with E-state index in [9.17, 15) is 4.79 Å². The molecule has 0 aromatic heterocycles. The third-order valence-electron chi connectivity index (χ3n) is 2.77. The van der Waals surface area contributed by atoms with E-state index in [-0.39, 0.29) is 0 Å². The third-order valence-corrected chi connectivity index (χ3v) is 3.03. The van der Waals surface area contributed by atoms with E-state index in [0.717, 1.165) is 0 Å². The van der Waals surface area contributed by atoms with Crippen LogP contribution >= 0.6 is 12.2 Å². The number of nitrogens with one attached hydrogen (secondary N) is 3. The summed E-state index contributed by atoms with van der Waals surface area (Å²) in [6.07, 6.45) is 4.54. The second kappa shape index (κ2) is 7.53. The van der Waals surface area contributed by atoms with Gasteiger partial charge in [-0.1, -0.05) is 12.8 Å². The molecule has 1 aliphatic carbocycles. The number of hydrogen-bond donors (Lipinski definition) is 3. The molecule has 3 N–H and O–H groups in total. The summed E-state index contributed by atoms with van der Waals surface area (Å²) in [7, 11) is 0. The molecule has 1 fully saturated rings. The summed E-state index contributed by atoms with van der Waals surface area (Å²) in [5, 5.41) is 9.70. The van der Waals surface area contributed by atoms with Crippen LogP contribution in [0.15, 0.2) is 0 Å². The van der Waals surface area contributed by atoms with Crippen LogP contribution in [0, 0.1) is 0 Å². The maximum absolute atomic E-state index is 11.4. The van der Waals surface area contributed by atoms with Crippen molar-refractivity contribution in [3.8, 4) is 0 Å². The van der Waals surface area contributed by atoms with E-state index < -0.39 is 11.7 Å². The van der Waals surface area contributed by atoms with Crippen LogP contribution in [0.5, 0.6) is 0 Å². The number of alkyl carbamates (subject to hydrolysis) is 1. The highest BCUT2D eigenvalue weighted by atomic mass is 32.1. The fourth-order valence-corrected chi connectivity index (χ4v) is 2.23. The Balaban J connectivity index is 2.03. The number of carbonyl (C=O) groups excluding carboxylic acids is 1. The van der Waals surface area contributed by atoms with Crippen LogP contribution in [0.4, 0.5) is 4.79 Å². The lowest BCUT2D eigenvalue weighted by Gasteiger charge is -2.20. The average Bonchev–Trinajstić information content (AvgIpc) is 2.74. The summed E-state index contributed by atoms with van der Waals surface area (Å²) < 4.78 is 5.13. The van der Waals surface area contributed by atoms with Gasteiger partial charge in [-0.25, -0.2) is 4.79 Å². The lowest BCUT2D eigenvalue weighted by Crippen LogP contribution is -2.44. The molecule has 0 aliphatic heterocycles. The van der Waals surface area contributed by atoms with Gasteiger partial charge in [-0.15, -0.1) is 0 Å². The Hall–Kier alpha value is -1.04. The van der Waals surface area contributed by atoms with E-state index in [2.05, 4.69) is 16.0 Å². The van der Waals surface area contributed by atoms with Gasteiger partial charge >= 0.3 is 6.09 Å². The zero-order valence-electron chi connectivity index (χ0n) is 12.0. The van der Waals surface area contributed by atoms with Crippen molar-refractivity contribution in [3.63, 3.8) is 0 Å². The molecule has 0 unspecified atom stereocenters. The number of amides is 1. The molecule has 1 amide bonds. The minimum absolute atomic E-state index is 0.399. The number of thiocarbonyl (C=S) groups is 1. The molecule has 5 nitrogen and oxygen atoms in total. The largest absolute Gasteiger partial charge is 0.444 e. The highest BCUT2D eigenvalue weighted by Crippen LogP contribution is 2.17. The van der Waals surface area contributed by atoms with Crippen molar-refractivity contribution in [2.24, 2.45) is 0 Å². The average molecular weight is 287 g/mol. The number of carbonyl (C=O) groups is 1. The summed E-state index contributed by atoms with van der Waals surface area (Å²) in [6.45, 7) is 6.60. The minimum atomic E-state index is -0.461. The zero-order valence-corrected chi connectivity index (χ0v) is 12.9. The standard InChI is InChI=1S/C13H25N3O2S/c1-13(2,3)18-12(17)15-9-8-14-11(19)16-10-6-4-5-7-10/h10H,4-9H2,1-3H3,(H,15,17)(H2,14,16,19). The van der Waals surface area contributed by atoms with Crippen LogP contribution < -0.4 is 16.0 Å². The van der Waals surface area contributed by atoms with Crippen LogP contribution in [-0.2, 0) is 4.74 Å². The monoisotopic (exact) mass is 287 g/mol. The van der Waals surface area contributed by atoms with E-state index in [4.69, 9.17) is 17.0 Å². The normalized spacial score (nSPS) is 15.9. The molecule has 1 rings (SSSR count). The second-order valence-corrected chi connectivity index (χ2v) is 6.22. The van der Waals surface area contributed by atoms with E-state index in [1.165, 1.54) is 25.7 Å². The van der Waals surface area contributed by atoms with E-state index >= 15 is 0 Å². The number of rotatable bonds is 4. The SMILES string of the molecule is CC(C)(C)OC(=O)NCCNC(=S)NC1CCCC1. The topological polar surface area (TPSA) is 62.4 Å². The molecule has 0 heterocycles. The molecule has 0 spiro atoms. The first kappa shape index (κ1) is 16.0. The van der Waals surface area contributed by atoms with Gasteiger partial charge in [0.2, 0.25) is 0 Å². The van der Waals surface area contributed by atoms with Gasteiger partial charge in [0, 0.05) is 19.1 Å². The Bertz CT molecular complexity index is 310. The first-order valence-electron chi connectivity index (χ1n) is 6.88. The van der Waals surface area contributed by atoms with Crippen LogP contribution in [0.1, 0.15) is 46.5 Å². The van der Waals surface area contributed by atoms with Crippen molar-refractivity contribution in [2.75, 3.05) is 13.1 Å². The number of ether oxygens (including phenoxy) is 1. The molecule has 19 heavy (non-hydrogen) atoms. The molecule has 0 radical (unpaired) electrons. The summed E-state index contributed by atoms with van der Waals surface area (Å²) in [4.78, 5) is 11.4. The summed E-state index contributed by atoms with van der Waals surface area (Å²) in [6, 6.07) is 0.513. The smallest absolute Gasteiger partial charge is 0.407 e. The fraction of sp³-hybridized carbons (Fsp3) is 0.846. The molecular weight excluding hydrogens is 262 g/mol. The van der Waals surface area contributed by atoms with Crippen molar-refractivity contribution in [2.45, 2.75) is 58.1 Å². The lowest BCUT2D eigenvalue weighted by atomic mass is 10.2. The van der Waals surface area contributed by atoms with Crippen molar-refractivity contribution in [1.29, 1.82) is 0 Å². The first-order valence-corrected chi connectivity index (χ1v) is 7.29. The Morgan fingerprint density at radius 3 is 2.37 bits per heavy atom. The Morgan fingerprint density at radius 2 is 1.79 bits per heavy atom. The first-order chi connectivity index (χ1) is 8.87. The van der Waals surface area contributed by atoms with Gasteiger partial charge in [-0.3, -0.25) is 0 Å². The molecule has 0 aromatic carbocycles. The van der Waals surface area contributed by atoms with Crippen LogP contribution in [0.25, 0.3) is 0 Å². The maximum atomic E-state index is 11.4. The molecule has 1 saturated carbocycles. The number of hydrogen-bond acceptors (Lipinski definition) is 3. The van der Waals surface area contributed by atoms with Crippen molar-refractivity contribution in [1.82, 2.24) is 16.0 Å². The van der Waals surface area contributed by atoms with Gasteiger partial charge in [-0.05, 0) is 45.8 Å². The minimum Gasteiger partial charge on any atom is -0.444 e. The van der Waals surface area contributed by atoms with Crippen LogP contribution in [0.3, 0.4) is 0 Å². The van der Waals surface area contributed by atoms with Gasteiger partial charge in [-0.2, -0.15) is 0 Å². The maximum Gasteiger partial charge on any atom is 0.407 e. The van der Waals surface area contributed by atoms with E-state index in [1.807, 2.05) is 20.8 Å². The van der Waals surface area contributed by atoms with E-state index in [1.54, 1.807) is 0 Å². The highest BCUT2D eigenvalue weighted by molar-refractivity contribution is 7.80. The van der Waals surface area contributed by atoms with Gasteiger partial charge in [0.15, 0.2) is 5.11 Å².